The minimum absolute atomic E-state index is 0.0631. The molecule has 0 bridgehead atoms. The lowest BCUT2D eigenvalue weighted by Crippen LogP contribution is -2.30. The van der Waals surface area contributed by atoms with Crippen molar-refractivity contribution in [3.05, 3.63) is 0 Å². The third-order valence-electron chi connectivity index (χ3n) is 11.8. The van der Waals surface area contributed by atoms with E-state index in [1.54, 1.807) is 0 Å². The van der Waals surface area contributed by atoms with Gasteiger partial charge in [0.1, 0.15) is 13.2 Å². The van der Waals surface area contributed by atoms with Crippen LogP contribution < -0.4 is 0 Å². The largest absolute Gasteiger partial charge is 0.462 e. The van der Waals surface area contributed by atoms with Crippen LogP contribution in [0.2, 0.25) is 0 Å². The highest BCUT2D eigenvalue weighted by molar-refractivity contribution is 5.71. The lowest BCUT2D eigenvalue weighted by atomic mass is 10.0. The zero-order chi connectivity index (χ0) is 42.4. The molecule has 0 aromatic carbocycles. The van der Waals surface area contributed by atoms with Crippen LogP contribution in [0.15, 0.2) is 0 Å². The molecule has 1 atom stereocenters. The summed E-state index contributed by atoms with van der Waals surface area (Å²) in [6.07, 6.45) is 48.1. The maximum atomic E-state index is 12.7. The van der Waals surface area contributed by atoms with Crippen LogP contribution in [0.3, 0.4) is 0 Å². The fraction of sp³-hybridized carbons (Fsp3) is 0.942. The SMILES string of the molecule is CCCCCCCCCCCCCCCCCCCCC(=O)OC[C@H](COC(=O)CCCCCCCCCCCCC(C)C)OC(=O)CCCCCCCCCCC. The second kappa shape index (κ2) is 46.5. The summed E-state index contributed by atoms with van der Waals surface area (Å²) in [4.78, 5) is 37.8. The Balaban J connectivity index is 4.21. The molecule has 0 aromatic rings. The molecule has 0 heterocycles. The van der Waals surface area contributed by atoms with Gasteiger partial charge < -0.3 is 14.2 Å². The van der Waals surface area contributed by atoms with E-state index in [1.807, 2.05) is 0 Å². The van der Waals surface area contributed by atoms with E-state index in [2.05, 4.69) is 27.7 Å². The van der Waals surface area contributed by atoms with Crippen LogP contribution in [0.5, 0.6) is 0 Å². The van der Waals surface area contributed by atoms with Crippen molar-refractivity contribution in [2.75, 3.05) is 13.2 Å². The van der Waals surface area contributed by atoms with E-state index in [4.69, 9.17) is 14.2 Å². The normalized spacial score (nSPS) is 11.9. The summed E-state index contributed by atoms with van der Waals surface area (Å²) in [6.45, 7) is 9.00. The summed E-state index contributed by atoms with van der Waals surface area (Å²) < 4.78 is 16.8. The third-order valence-corrected chi connectivity index (χ3v) is 11.8. The van der Waals surface area contributed by atoms with E-state index in [9.17, 15) is 14.4 Å². The average Bonchev–Trinajstić information content (AvgIpc) is 3.21. The summed E-state index contributed by atoms with van der Waals surface area (Å²) in [7, 11) is 0. The zero-order valence-electron chi connectivity index (χ0n) is 39.5. The van der Waals surface area contributed by atoms with Gasteiger partial charge in [-0.15, -0.1) is 0 Å². The Labute approximate surface area is 361 Å². The number of esters is 3. The highest BCUT2D eigenvalue weighted by Crippen LogP contribution is 2.17. The van der Waals surface area contributed by atoms with Gasteiger partial charge in [-0.3, -0.25) is 14.4 Å². The number of ether oxygens (including phenoxy) is 3. The van der Waals surface area contributed by atoms with Gasteiger partial charge in [-0.25, -0.2) is 0 Å². The predicted octanol–water partition coefficient (Wildman–Crippen LogP) is 16.7. The van der Waals surface area contributed by atoms with E-state index in [0.717, 1.165) is 63.7 Å². The number of carbonyl (C=O) groups excluding carboxylic acids is 3. The Bertz CT molecular complexity index is 872. The maximum Gasteiger partial charge on any atom is 0.306 e. The standard InChI is InChI=1S/C52H100O6/c1-5-7-9-11-13-15-16-17-18-19-20-21-22-23-28-31-35-39-43-50(53)56-46-49(58-52(55)45-41-37-33-26-14-12-10-8-6-2)47-57-51(54)44-40-36-32-29-25-24-27-30-34-38-42-48(3)4/h48-49H,5-47H2,1-4H3/t49-/m1/s1. The topological polar surface area (TPSA) is 78.9 Å². The fourth-order valence-corrected chi connectivity index (χ4v) is 7.86. The Kier molecular flexibility index (Phi) is 45.2. The maximum absolute atomic E-state index is 12.7. The van der Waals surface area contributed by atoms with Crippen LogP contribution in [0.25, 0.3) is 0 Å². The zero-order valence-corrected chi connectivity index (χ0v) is 39.5. The number of unbranched alkanes of at least 4 members (excludes halogenated alkanes) is 34. The van der Waals surface area contributed by atoms with Crippen LogP contribution in [0.4, 0.5) is 0 Å². The molecule has 6 heteroatoms. The van der Waals surface area contributed by atoms with Crippen molar-refractivity contribution < 1.29 is 28.6 Å². The summed E-state index contributed by atoms with van der Waals surface area (Å²) in [5.41, 5.74) is 0. The van der Waals surface area contributed by atoms with Crippen molar-refractivity contribution >= 4 is 17.9 Å². The van der Waals surface area contributed by atoms with E-state index in [0.29, 0.717) is 19.3 Å². The van der Waals surface area contributed by atoms with Crippen LogP contribution >= 0.6 is 0 Å². The van der Waals surface area contributed by atoms with Crippen LogP contribution in [0, 0.1) is 5.92 Å². The van der Waals surface area contributed by atoms with Crippen LogP contribution in [-0.4, -0.2) is 37.2 Å². The summed E-state index contributed by atoms with van der Waals surface area (Å²) in [5, 5.41) is 0. The molecule has 58 heavy (non-hydrogen) atoms. The van der Waals surface area contributed by atoms with Gasteiger partial charge in [0.2, 0.25) is 0 Å². The third kappa shape index (κ3) is 45.5. The van der Waals surface area contributed by atoms with E-state index < -0.39 is 6.10 Å². The molecule has 0 rings (SSSR count). The minimum Gasteiger partial charge on any atom is -0.462 e. The van der Waals surface area contributed by atoms with E-state index in [1.165, 1.54) is 186 Å². The summed E-state index contributed by atoms with van der Waals surface area (Å²) in [5.74, 6) is -0.0299. The molecule has 0 N–H and O–H groups in total. The molecule has 344 valence electrons. The first-order valence-corrected chi connectivity index (χ1v) is 25.9. The predicted molar refractivity (Wildman–Crippen MR) is 247 cm³/mol. The highest BCUT2D eigenvalue weighted by atomic mass is 16.6. The molecule has 0 saturated carbocycles. The molecule has 0 aliphatic carbocycles. The van der Waals surface area contributed by atoms with Gasteiger partial charge >= 0.3 is 17.9 Å². The Hall–Kier alpha value is -1.59. The van der Waals surface area contributed by atoms with Crippen molar-refractivity contribution in [1.29, 1.82) is 0 Å². The Morgan fingerprint density at radius 1 is 0.328 bits per heavy atom. The van der Waals surface area contributed by atoms with Gasteiger partial charge in [0.05, 0.1) is 0 Å². The van der Waals surface area contributed by atoms with Gasteiger partial charge in [-0.2, -0.15) is 0 Å². The quantitative estimate of drug-likeness (QED) is 0.0346. The van der Waals surface area contributed by atoms with E-state index >= 15 is 0 Å². The first-order valence-electron chi connectivity index (χ1n) is 25.9. The fourth-order valence-electron chi connectivity index (χ4n) is 7.86. The molecular weight excluding hydrogens is 721 g/mol. The minimum atomic E-state index is -0.760. The van der Waals surface area contributed by atoms with Crippen molar-refractivity contribution in [3.63, 3.8) is 0 Å². The van der Waals surface area contributed by atoms with Gasteiger partial charge in [0.25, 0.3) is 0 Å². The molecule has 0 aliphatic heterocycles. The second-order valence-corrected chi connectivity index (χ2v) is 18.3. The molecule has 0 aromatic heterocycles. The lowest BCUT2D eigenvalue weighted by Gasteiger charge is -2.18. The molecule has 0 spiro atoms. The van der Waals surface area contributed by atoms with Crippen molar-refractivity contribution in [2.45, 2.75) is 297 Å². The second-order valence-electron chi connectivity index (χ2n) is 18.3. The monoisotopic (exact) mass is 821 g/mol. The number of carbonyl (C=O) groups is 3. The molecular formula is C52H100O6. The Morgan fingerprint density at radius 2 is 0.569 bits per heavy atom. The first kappa shape index (κ1) is 56.4. The number of hydrogen-bond donors (Lipinski definition) is 0. The van der Waals surface area contributed by atoms with Gasteiger partial charge in [-0.05, 0) is 25.2 Å². The molecule has 0 fully saturated rings. The van der Waals surface area contributed by atoms with E-state index in [-0.39, 0.29) is 31.1 Å². The summed E-state index contributed by atoms with van der Waals surface area (Å²) in [6, 6.07) is 0. The smallest absolute Gasteiger partial charge is 0.306 e. The first-order chi connectivity index (χ1) is 28.4. The van der Waals surface area contributed by atoms with Crippen LogP contribution in [-0.2, 0) is 28.6 Å². The van der Waals surface area contributed by atoms with Gasteiger partial charge in [0, 0.05) is 19.3 Å². The summed E-state index contributed by atoms with van der Waals surface area (Å²) >= 11 is 0. The number of hydrogen-bond acceptors (Lipinski definition) is 6. The molecule has 0 aliphatic rings. The molecule has 6 nitrogen and oxygen atoms in total. The molecule has 0 saturated heterocycles. The van der Waals surface area contributed by atoms with Crippen LogP contribution in [0.1, 0.15) is 291 Å². The van der Waals surface area contributed by atoms with Gasteiger partial charge in [0.15, 0.2) is 6.10 Å². The highest BCUT2D eigenvalue weighted by Gasteiger charge is 2.19. The van der Waals surface area contributed by atoms with Crippen molar-refractivity contribution in [1.82, 2.24) is 0 Å². The molecule has 0 unspecified atom stereocenters. The molecule has 0 radical (unpaired) electrons. The van der Waals surface area contributed by atoms with Gasteiger partial charge in [-0.1, -0.05) is 252 Å². The lowest BCUT2D eigenvalue weighted by molar-refractivity contribution is -0.167. The number of rotatable bonds is 47. The molecule has 0 amide bonds. The Morgan fingerprint density at radius 3 is 0.845 bits per heavy atom. The van der Waals surface area contributed by atoms with Crippen molar-refractivity contribution in [2.24, 2.45) is 5.92 Å². The average molecular weight is 821 g/mol. The van der Waals surface area contributed by atoms with Crippen molar-refractivity contribution in [3.8, 4) is 0 Å².